The molecule has 0 bridgehead atoms. The van der Waals surface area contributed by atoms with Crippen molar-refractivity contribution < 1.29 is 13.9 Å². The Morgan fingerprint density at radius 2 is 2.29 bits per heavy atom. The lowest BCUT2D eigenvalue weighted by atomic mass is 10.2. The molecule has 1 aromatic carbocycles. The number of hydrogen-bond acceptors (Lipinski definition) is 2. The van der Waals surface area contributed by atoms with Crippen LogP contribution in [-0.4, -0.2) is 19.6 Å². The Kier molecular flexibility index (Phi) is 3.45. The first-order valence-corrected chi connectivity index (χ1v) is 4.23. The van der Waals surface area contributed by atoms with Gasteiger partial charge in [-0.3, -0.25) is 4.79 Å². The molecule has 3 nitrogen and oxygen atoms in total. The van der Waals surface area contributed by atoms with Crippen molar-refractivity contribution in [3.63, 3.8) is 0 Å². The Morgan fingerprint density at radius 3 is 2.86 bits per heavy atom. The zero-order chi connectivity index (χ0) is 10.6. The van der Waals surface area contributed by atoms with Crippen LogP contribution in [0.1, 0.15) is 5.56 Å². The van der Waals surface area contributed by atoms with Gasteiger partial charge in [-0.05, 0) is 30.7 Å². The molecule has 0 aliphatic carbocycles. The monoisotopic (exact) mass is 197 g/mol. The quantitative estimate of drug-likeness (QED) is 0.792. The molecule has 14 heavy (non-hydrogen) atoms. The molecule has 0 aromatic heterocycles. The van der Waals surface area contributed by atoms with E-state index in [0.29, 0.717) is 11.3 Å². The molecule has 4 heteroatoms. The number of carbonyl (C=O) groups excluding carboxylic acids is 1. The van der Waals surface area contributed by atoms with Gasteiger partial charge in [0, 0.05) is 7.05 Å². The van der Waals surface area contributed by atoms with Gasteiger partial charge in [0.15, 0.2) is 6.61 Å². The smallest absolute Gasteiger partial charge is 0.257 e. The summed E-state index contributed by atoms with van der Waals surface area (Å²) in [6, 6.07) is 4.36. The lowest BCUT2D eigenvalue weighted by molar-refractivity contribution is -0.122. The highest BCUT2D eigenvalue weighted by atomic mass is 19.1. The van der Waals surface area contributed by atoms with Crippen LogP contribution in [0.5, 0.6) is 5.75 Å². The van der Waals surface area contributed by atoms with Crippen molar-refractivity contribution in [3.8, 4) is 5.75 Å². The lowest BCUT2D eigenvalue weighted by Crippen LogP contribution is -2.24. The highest BCUT2D eigenvalue weighted by Crippen LogP contribution is 2.15. The molecule has 0 radical (unpaired) electrons. The van der Waals surface area contributed by atoms with E-state index in [1.54, 1.807) is 13.0 Å². The third-order valence-corrected chi connectivity index (χ3v) is 1.78. The molecule has 0 atom stereocenters. The van der Waals surface area contributed by atoms with E-state index < -0.39 is 0 Å². The summed E-state index contributed by atoms with van der Waals surface area (Å²) >= 11 is 0. The molecule has 0 unspecified atom stereocenters. The number of halogens is 1. The summed E-state index contributed by atoms with van der Waals surface area (Å²) in [7, 11) is 1.53. The van der Waals surface area contributed by atoms with Crippen LogP contribution >= 0.6 is 0 Å². The zero-order valence-electron chi connectivity index (χ0n) is 8.13. The summed E-state index contributed by atoms with van der Waals surface area (Å²) in [5.41, 5.74) is 0.499. The van der Waals surface area contributed by atoms with Gasteiger partial charge < -0.3 is 10.1 Å². The maximum Gasteiger partial charge on any atom is 0.257 e. The number of likely N-dealkylation sites (N-methyl/N-ethyl adjacent to an activating group) is 1. The van der Waals surface area contributed by atoms with Gasteiger partial charge >= 0.3 is 0 Å². The summed E-state index contributed by atoms with van der Waals surface area (Å²) in [6.45, 7) is 1.59. The topological polar surface area (TPSA) is 38.3 Å². The Balaban J connectivity index is 2.60. The second-order valence-corrected chi connectivity index (χ2v) is 2.87. The van der Waals surface area contributed by atoms with Gasteiger partial charge in [-0.1, -0.05) is 0 Å². The van der Waals surface area contributed by atoms with Crippen molar-refractivity contribution in [3.05, 3.63) is 29.6 Å². The Bertz CT molecular complexity index is 339. The van der Waals surface area contributed by atoms with E-state index >= 15 is 0 Å². The summed E-state index contributed by atoms with van der Waals surface area (Å²) in [6.07, 6.45) is 0. The average Bonchev–Trinajstić information content (AvgIpc) is 2.19. The molecule has 0 heterocycles. The van der Waals surface area contributed by atoms with Crippen molar-refractivity contribution in [2.45, 2.75) is 6.92 Å². The number of aryl methyl sites for hydroxylation is 1. The average molecular weight is 197 g/mol. The molecule has 0 aliphatic heterocycles. The number of amides is 1. The maximum atomic E-state index is 12.8. The van der Waals surface area contributed by atoms with E-state index in [0.717, 1.165) is 0 Å². The summed E-state index contributed by atoms with van der Waals surface area (Å²) in [5.74, 6) is -0.00299. The van der Waals surface area contributed by atoms with E-state index in [2.05, 4.69) is 5.32 Å². The molecule has 0 spiro atoms. The molecule has 0 fully saturated rings. The standard InChI is InChI=1S/C10H12FNO2/c1-7-5-8(3-4-9(7)11)14-6-10(13)12-2/h3-5H,6H2,1-2H3,(H,12,13). The fourth-order valence-corrected chi connectivity index (χ4v) is 0.928. The molecule has 1 aromatic rings. The molecule has 76 valence electrons. The van der Waals surface area contributed by atoms with E-state index in [9.17, 15) is 9.18 Å². The number of benzene rings is 1. The maximum absolute atomic E-state index is 12.8. The molecule has 0 saturated carbocycles. The minimum absolute atomic E-state index is 0.0540. The second kappa shape index (κ2) is 4.60. The predicted molar refractivity (Wildman–Crippen MR) is 50.7 cm³/mol. The van der Waals surface area contributed by atoms with Gasteiger partial charge in [-0.15, -0.1) is 0 Å². The van der Waals surface area contributed by atoms with Crippen LogP contribution in [0.4, 0.5) is 4.39 Å². The number of ether oxygens (including phenoxy) is 1. The molecule has 0 aliphatic rings. The third-order valence-electron chi connectivity index (χ3n) is 1.78. The van der Waals surface area contributed by atoms with E-state index in [-0.39, 0.29) is 18.3 Å². The number of hydrogen-bond donors (Lipinski definition) is 1. The summed E-state index contributed by atoms with van der Waals surface area (Å²) < 4.78 is 17.9. The van der Waals surface area contributed by atoms with Gasteiger partial charge in [0.05, 0.1) is 0 Å². The number of rotatable bonds is 3. The van der Waals surface area contributed by atoms with Crippen LogP contribution < -0.4 is 10.1 Å². The summed E-state index contributed by atoms with van der Waals surface area (Å²) in [5, 5.41) is 2.42. The van der Waals surface area contributed by atoms with Crippen LogP contribution in [0, 0.1) is 12.7 Å². The Hall–Kier alpha value is -1.58. The molecule has 1 amide bonds. The van der Waals surface area contributed by atoms with Gasteiger partial charge in [-0.25, -0.2) is 4.39 Å². The highest BCUT2D eigenvalue weighted by Gasteiger charge is 2.02. The first-order valence-electron chi connectivity index (χ1n) is 4.23. The zero-order valence-corrected chi connectivity index (χ0v) is 8.13. The first kappa shape index (κ1) is 10.5. The van der Waals surface area contributed by atoms with Gasteiger partial charge in [-0.2, -0.15) is 0 Å². The van der Waals surface area contributed by atoms with Gasteiger partial charge in [0.2, 0.25) is 0 Å². The highest BCUT2D eigenvalue weighted by molar-refractivity contribution is 5.77. The summed E-state index contributed by atoms with van der Waals surface area (Å²) in [4.78, 5) is 10.8. The first-order chi connectivity index (χ1) is 6.63. The van der Waals surface area contributed by atoms with Crippen LogP contribution in [0.2, 0.25) is 0 Å². The van der Waals surface area contributed by atoms with Crippen LogP contribution in [0.15, 0.2) is 18.2 Å². The van der Waals surface area contributed by atoms with Gasteiger partial charge in [0.25, 0.3) is 5.91 Å². The number of nitrogens with one attached hydrogen (secondary N) is 1. The Labute approximate surface area is 81.9 Å². The van der Waals surface area contributed by atoms with Crippen molar-refractivity contribution in [1.82, 2.24) is 5.32 Å². The molecular formula is C10H12FNO2. The van der Waals surface area contributed by atoms with Crippen LogP contribution in [0.25, 0.3) is 0 Å². The lowest BCUT2D eigenvalue weighted by Gasteiger charge is -2.05. The fourth-order valence-electron chi connectivity index (χ4n) is 0.928. The Morgan fingerprint density at radius 1 is 1.57 bits per heavy atom. The van der Waals surface area contributed by atoms with E-state index in [1.807, 2.05) is 0 Å². The minimum Gasteiger partial charge on any atom is -0.484 e. The fraction of sp³-hybridized carbons (Fsp3) is 0.300. The molecular weight excluding hydrogens is 185 g/mol. The van der Waals surface area contributed by atoms with E-state index in [4.69, 9.17) is 4.74 Å². The SMILES string of the molecule is CNC(=O)COc1ccc(F)c(C)c1. The van der Waals surface area contributed by atoms with Crippen LogP contribution in [0.3, 0.4) is 0 Å². The predicted octanol–water partition coefficient (Wildman–Crippen LogP) is 1.26. The molecule has 1 rings (SSSR count). The second-order valence-electron chi connectivity index (χ2n) is 2.87. The van der Waals surface area contributed by atoms with Gasteiger partial charge in [0.1, 0.15) is 11.6 Å². The van der Waals surface area contributed by atoms with Crippen LogP contribution in [-0.2, 0) is 4.79 Å². The molecule has 0 saturated heterocycles. The number of carbonyl (C=O) groups is 1. The van der Waals surface area contributed by atoms with E-state index in [1.165, 1.54) is 19.2 Å². The van der Waals surface area contributed by atoms with Crippen molar-refractivity contribution in [2.24, 2.45) is 0 Å². The largest absolute Gasteiger partial charge is 0.484 e. The molecule has 1 N–H and O–H groups in total. The van der Waals surface area contributed by atoms with Crippen molar-refractivity contribution in [1.29, 1.82) is 0 Å². The minimum atomic E-state index is -0.280. The van der Waals surface area contributed by atoms with Crippen molar-refractivity contribution in [2.75, 3.05) is 13.7 Å². The third kappa shape index (κ3) is 2.73. The normalized spacial score (nSPS) is 9.64. The van der Waals surface area contributed by atoms with Crippen molar-refractivity contribution >= 4 is 5.91 Å².